The summed E-state index contributed by atoms with van der Waals surface area (Å²) in [5.74, 6) is -1.57. The van der Waals surface area contributed by atoms with E-state index in [9.17, 15) is 22.7 Å². The Bertz CT molecular complexity index is 573. The zero-order valence-corrected chi connectivity index (χ0v) is 9.41. The van der Waals surface area contributed by atoms with E-state index in [0.717, 1.165) is 18.2 Å². The number of hydrogen-bond acceptors (Lipinski definition) is 2. The van der Waals surface area contributed by atoms with E-state index < -0.39 is 17.9 Å². The summed E-state index contributed by atoms with van der Waals surface area (Å²) in [6, 6.07) is 8.40. The van der Waals surface area contributed by atoms with Crippen LogP contribution >= 0.6 is 0 Å². The maximum Gasteiger partial charge on any atom is 0.573 e. The maximum atomic E-state index is 13.6. The summed E-state index contributed by atoms with van der Waals surface area (Å²) in [4.78, 5) is 0. The van der Waals surface area contributed by atoms with Crippen molar-refractivity contribution in [1.82, 2.24) is 0 Å². The minimum atomic E-state index is -4.82. The lowest BCUT2D eigenvalue weighted by atomic mass is 10.0. The molecule has 0 atom stereocenters. The number of aromatic hydroxyl groups is 1. The molecule has 0 heterocycles. The first-order chi connectivity index (χ1) is 8.87. The number of halogens is 4. The highest BCUT2D eigenvalue weighted by atomic mass is 19.4. The molecular formula is C13H8F4O2. The van der Waals surface area contributed by atoms with Crippen molar-refractivity contribution in [1.29, 1.82) is 0 Å². The molecule has 100 valence electrons. The van der Waals surface area contributed by atoms with E-state index in [0.29, 0.717) is 0 Å². The third kappa shape index (κ3) is 3.15. The zero-order valence-electron chi connectivity index (χ0n) is 9.41. The molecule has 2 aromatic rings. The van der Waals surface area contributed by atoms with Crippen LogP contribution in [0.4, 0.5) is 17.6 Å². The van der Waals surface area contributed by atoms with Crippen molar-refractivity contribution in [2.75, 3.05) is 0 Å². The highest BCUT2D eigenvalue weighted by molar-refractivity contribution is 5.71. The van der Waals surface area contributed by atoms with Gasteiger partial charge >= 0.3 is 6.36 Å². The number of rotatable bonds is 2. The SMILES string of the molecule is Oc1cccc(F)c1-c1cccc(OC(F)(F)F)c1. The summed E-state index contributed by atoms with van der Waals surface area (Å²) < 4.78 is 53.6. The molecular weight excluding hydrogens is 264 g/mol. The summed E-state index contributed by atoms with van der Waals surface area (Å²) in [6.45, 7) is 0. The highest BCUT2D eigenvalue weighted by Crippen LogP contribution is 2.34. The lowest BCUT2D eigenvalue weighted by Gasteiger charge is -2.11. The Morgan fingerprint density at radius 2 is 1.68 bits per heavy atom. The van der Waals surface area contributed by atoms with Gasteiger partial charge in [0.05, 0.1) is 5.56 Å². The van der Waals surface area contributed by atoms with Gasteiger partial charge in [-0.25, -0.2) is 4.39 Å². The molecule has 0 saturated heterocycles. The quantitative estimate of drug-likeness (QED) is 0.834. The van der Waals surface area contributed by atoms with Gasteiger partial charge in [-0.1, -0.05) is 18.2 Å². The Hall–Kier alpha value is -2.24. The van der Waals surface area contributed by atoms with Crippen LogP contribution in [0, 0.1) is 5.82 Å². The van der Waals surface area contributed by atoms with E-state index >= 15 is 0 Å². The molecule has 0 spiro atoms. The van der Waals surface area contributed by atoms with E-state index in [4.69, 9.17) is 0 Å². The van der Waals surface area contributed by atoms with Gasteiger partial charge < -0.3 is 9.84 Å². The molecule has 0 amide bonds. The molecule has 2 aromatic carbocycles. The molecule has 1 N–H and O–H groups in total. The van der Waals surface area contributed by atoms with E-state index in [1.54, 1.807) is 0 Å². The number of alkyl halides is 3. The predicted molar refractivity (Wildman–Crippen MR) is 60.2 cm³/mol. The van der Waals surface area contributed by atoms with Crippen molar-refractivity contribution in [3.8, 4) is 22.6 Å². The maximum absolute atomic E-state index is 13.6. The first-order valence-electron chi connectivity index (χ1n) is 5.20. The van der Waals surface area contributed by atoms with Gasteiger partial charge in [-0.15, -0.1) is 13.2 Å². The minimum Gasteiger partial charge on any atom is -0.507 e. The second kappa shape index (κ2) is 4.79. The number of benzene rings is 2. The summed E-state index contributed by atoms with van der Waals surface area (Å²) >= 11 is 0. The Balaban J connectivity index is 2.44. The fourth-order valence-electron chi connectivity index (χ4n) is 1.65. The third-order valence-electron chi connectivity index (χ3n) is 2.35. The molecule has 0 fully saturated rings. The zero-order chi connectivity index (χ0) is 14.0. The van der Waals surface area contributed by atoms with Crippen molar-refractivity contribution >= 4 is 0 Å². The molecule has 0 saturated carbocycles. The van der Waals surface area contributed by atoms with Gasteiger partial charge in [-0.3, -0.25) is 0 Å². The molecule has 0 aliphatic rings. The molecule has 6 heteroatoms. The highest BCUT2D eigenvalue weighted by Gasteiger charge is 2.31. The van der Waals surface area contributed by atoms with E-state index in [-0.39, 0.29) is 16.9 Å². The Morgan fingerprint density at radius 1 is 1.00 bits per heavy atom. The lowest BCUT2D eigenvalue weighted by molar-refractivity contribution is -0.274. The standard InChI is InChI=1S/C13H8F4O2/c14-10-5-2-6-11(18)12(10)8-3-1-4-9(7-8)19-13(15,16)17/h1-7,18H. The fraction of sp³-hybridized carbons (Fsp3) is 0.0769. The molecule has 0 bridgehead atoms. The van der Waals surface area contributed by atoms with Gasteiger partial charge in [0.15, 0.2) is 0 Å². The van der Waals surface area contributed by atoms with E-state index in [1.165, 1.54) is 24.3 Å². The van der Waals surface area contributed by atoms with E-state index in [2.05, 4.69) is 4.74 Å². The van der Waals surface area contributed by atoms with Gasteiger partial charge in [0.2, 0.25) is 0 Å². The van der Waals surface area contributed by atoms with Gasteiger partial charge in [-0.05, 0) is 29.8 Å². The van der Waals surface area contributed by atoms with Crippen LogP contribution in [0.5, 0.6) is 11.5 Å². The van der Waals surface area contributed by atoms with Crippen molar-refractivity contribution in [2.24, 2.45) is 0 Å². The summed E-state index contributed by atoms with van der Waals surface area (Å²) in [5, 5.41) is 9.57. The van der Waals surface area contributed by atoms with Crippen LogP contribution < -0.4 is 4.74 Å². The minimum absolute atomic E-state index is 0.0948. The van der Waals surface area contributed by atoms with Crippen LogP contribution in [0.3, 0.4) is 0 Å². The number of phenols is 1. The normalized spacial score (nSPS) is 11.4. The fourth-order valence-corrected chi connectivity index (χ4v) is 1.65. The van der Waals surface area contributed by atoms with Crippen LogP contribution in [-0.2, 0) is 0 Å². The average molecular weight is 272 g/mol. The largest absolute Gasteiger partial charge is 0.573 e. The van der Waals surface area contributed by atoms with Gasteiger partial charge in [0, 0.05) is 0 Å². The Morgan fingerprint density at radius 3 is 2.32 bits per heavy atom. The molecule has 2 rings (SSSR count). The second-order valence-electron chi connectivity index (χ2n) is 3.71. The number of ether oxygens (including phenoxy) is 1. The summed E-state index contributed by atoms with van der Waals surface area (Å²) in [6.07, 6.45) is -4.82. The van der Waals surface area contributed by atoms with Crippen molar-refractivity contribution < 1.29 is 27.4 Å². The van der Waals surface area contributed by atoms with Gasteiger partial charge in [-0.2, -0.15) is 0 Å². The topological polar surface area (TPSA) is 29.5 Å². The average Bonchev–Trinajstić information content (AvgIpc) is 2.26. The third-order valence-corrected chi connectivity index (χ3v) is 2.35. The van der Waals surface area contributed by atoms with Crippen LogP contribution in [0.2, 0.25) is 0 Å². The molecule has 19 heavy (non-hydrogen) atoms. The van der Waals surface area contributed by atoms with E-state index in [1.807, 2.05) is 0 Å². The first kappa shape index (κ1) is 13.2. The predicted octanol–water partition coefficient (Wildman–Crippen LogP) is 4.10. The molecule has 0 radical (unpaired) electrons. The Labute approximate surface area is 105 Å². The lowest BCUT2D eigenvalue weighted by Crippen LogP contribution is -2.17. The van der Waals surface area contributed by atoms with Crippen molar-refractivity contribution in [2.45, 2.75) is 6.36 Å². The van der Waals surface area contributed by atoms with Crippen molar-refractivity contribution in [3.63, 3.8) is 0 Å². The molecule has 0 unspecified atom stereocenters. The van der Waals surface area contributed by atoms with Gasteiger partial charge in [0.25, 0.3) is 0 Å². The second-order valence-corrected chi connectivity index (χ2v) is 3.71. The molecule has 0 aliphatic carbocycles. The number of phenolic OH excluding ortho intramolecular Hbond substituents is 1. The molecule has 0 aliphatic heterocycles. The van der Waals surface area contributed by atoms with Crippen molar-refractivity contribution in [3.05, 3.63) is 48.3 Å². The van der Waals surface area contributed by atoms with Gasteiger partial charge in [0.1, 0.15) is 17.3 Å². The molecule has 0 aromatic heterocycles. The Kier molecular flexibility index (Phi) is 3.33. The molecule has 2 nitrogen and oxygen atoms in total. The smallest absolute Gasteiger partial charge is 0.507 e. The van der Waals surface area contributed by atoms with Crippen LogP contribution in [0.15, 0.2) is 42.5 Å². The number of hydrogen-bond donors (Lipinski definition) is 1. The monoisotopic (exact) mass is 272 g/mol. The van der Waals surface area contributed by atoms with Crippen LogP contribution in [-0.4, -0.2) is 11.5 Å². The first-order valence-corrected chi connectivity index (χ1v) is 5.20. The summed E-state index contributed by atoms with van der Waals surface area (Å²) in [7, 11) is 0. The van der Waals surface area contributed by atoms with Crippen LogP contribution in [0.1, 0.15) is 0 Å². The van der Waals surface area contributed by atoms with Crippen LogP contribution in [0.25, 0.3) is 11.1 Å². The summed E-state index contributed by atoms with van der Waals surface area (Å²) in [5.41, 5.74) is -0.0764.